The molecule has 2 unspecified atom stereocenters. The summed E-state index contributed by atoms with van der Waals surface area (Å²) < 4.78 is 0. The van der Waals surface area contributed by atoms with E-state index in [0.29, 0.717) is 11.7 Å². The Labute approximate surface area is 123 Å². The molecule has 0 saturated heterocycles. The van der Waals surface area contributed by atoms with Crippen molar-refractivity contribution in [3.63, 3.8) is 0 Å². The second kappa shape index (κ2) is 6.56. The van der Waals surface area contributed by atoms with Gasteiger partial charge in [-0.05, 0) is 54.7 Å². The van der Waals surface area contributed by atoms with E-state index in [2.05, 4.69) is 39.8 Å². The van der Waals surface area contributed by atoms with Gasteiger partial charge in [0.25, 0.3) is 0 Å². The largest absolute Gasteiger partial charge is 0.294 e. The Kier molecular flexibility index (Phi) is 5.01. The Morgan fingerprint density at radius 1 is 1.05 bits per heavy atom. The molecule has 1 saturated carbocycles. The minimum atomic E-state index is 0.262. The molecule has 1 heteroatoms. The number of rotatable bonds is 5. The molecule has 2 rings (SSSR count). The smallest absolute Gasteiger partial charge is 0.166 e. The fraction of sp³-hybridized carbons (Fsp3) is 0.632. The first-order chi connectivity index (χ1) is 9.62. The molecule has 0 bridgehead atoms. The third kappa shape index (κ3) is 2.82. The molecule has 0 heterocycles. The maximum absolute atomic E-state index is 13.0. The van der Waals surface area contributed by atoms with Gasteiger partial charge in [0, 0.05) is 11.5 Å². The molecule has 0 amide bonds. The Hall–Kier alpha value is -1.11. The first-order valence-electron chi connectivity index (χ1n) is 8.31. The van der Waals surface area contributed by atoms with Crippen molar-refractivity contribution in [2.45, 2.75) is 66.2 Å². The maximum atomic E-state index is 13.0. The molecule has 1 fully saturated rings. The third-order valence-corrected chi connectivity index (χ3v) is 4.98. The number of benzene rings is 1. The fourth-order valence-corrected chi connectivity index (χ4v) is 3.64. The highest BCUT2D eigenvalue weighted by atomic mass is 16.1. The van der Waals surface area contributed by atoms with Gasteiger partial charge in [-0.2, -0.15) is 0 Å². The zero-order chi connectivity index (χ0) is 14.7. The van der Waals surface area contributed by atoms with Crippen molar-refractivity contribution in [2.24, 2.45) is 11.8 Å². The number of hydrogen-bond donors (Lipinski definition) is 0. The van der Waals surface area contributed by atoms with Gasteiger partial charge in [-0.3, -0.25) is 4.79 Å². The zero-order valence-electron chi connectivity index (χ0n) is 13.5. The van der Waals surface area contributed by atoms with Crippen LogP contribution in [0.25, 0.3) is 0 Å². The summed E-state index contributed by atoms with van der Waals surface area (Å²) in [5.74, 6) is 1.24. The van der Waals surface area contributed by atoms with Crippen molar-refractivity contribution in [2.75, 3.05) is 0 Å². The van der Waals surface area contributed by atoms with Gasteiger partial charge in [-0.15, -0.1) is 0 Å². The second-order valence-electron chi connectivity index (χ2n) is 6.23. The summed E-state index contributed by atoms with van der Waals surface area (Å²) in [5, 5.41) is 0. The SMILES string of the molecule is CCc1cc(CC)c(C(=O)C2CCCC2C)c(CC)c1. The number of carbonyl (C=O) groups is 1. The molecule has 1 nitrogen and oxygen atoms in total. The van der Waals surface area contributed by atoms with Crippen LogP contribution in [0.4, 0.5) is 0 Å². The molecule has 0 aromatic heterocycles. The average Bonchev–Trinajstić information content (AvgIpc) is 2.91. The van der Waals surface area contributed by atoms with Crippen LogP contribution in [0.1, 0.15) is 74.0 Å². The summed E-state index contributed by atoms with van der Waals surface area (Å²) in [5.41, 5.74) is 4.97. The van der Waals surface area contributed by atoms with Crippen LogP contribution in [0.3, 0.4) is 0 Å². The van der Waals surface area contributed by atoms with Gasteiger partial charge in [0.2, 0.25) is 0 Å². The Balaban J connectivity index is 2.45. The lowest BCUT2D eigenvalue weighted by Crippen LogP contribution is -2.20. The van der Waals surface area contributed by atoms with E-state index >= 15 is 0 Å². The Bertz CT molecular complexity index is 462. The average molecular weight is 272 g/mol. The van der Waals surface area contributed by atoms with Crippen LogP contribution in [0, 0.1) is 11.8 Å². The number of Topliss-reactive ketones (excluding diaryl/α,β-unsaturated/α-hetero) is 1. The van der Waals surface area contributed by atoms with E-state index < -0.39 is 0 Å². The molecule has 1 aliphatic rings. The monoisotopic (exact) mass is 272 g/mol. The fourth-order valence-electron chi connectivity index (χ4n) is 3.64. The summed E-state index contributed by atoms with van der Waals surface area (Å²) in [6.45, 7) is 8.77. The molecule has 1 aliphatic carbocycles. The van der Waals surface area contributed by atoms with Gasteiger partial charge in [-0.1, -0.05) is 46.2 Å². The van der Waals surface area contributed by atoms with Crippen molar-refractivity contribution >= 4 is 5.78 Å². The van der Waals surface area contributed by atoms with Crippen LogP contribution in [0.15, 0.2) is 12.1 Å². The number of aryl methyl sites for hydroxylation is 3. The Morgan fingerprint density at radius 3 is 2.05 bits per heavy atom. The van der Waals surface area contributed by atoms with Crippen LogP contribution in [0.5, 0.6) is 0 Å². The van der Waals surface area contributed by atoms with Crippen molar-refractivity contribution in [3.05, 3.63) is 34.4 Å². The van der Waals surface area contributed by atoms with Crippen LogP contribution in [-0.2, 0) is 19.3 Å². The van der Waals surface area contributed by atoms with Crippen molar-refractivity contribution in [1.29, 1.82) is 0 Å². The molecular formula is C19H28O. The highest BCUT2D eigenvalue weighted by molar-refractivity contribution is 6.01. The van der Waals surface area contributed by atoms with E-state index in [0.717, 1.165) is 31.2 Å². The van der Waals surface area contributed by atoms with Crippen molar-refractivity contribution in [3.8, 4) is 0 Å². The van der Waals surface area contributed by atoms with Crippen LogP contribution < -0.4 is 0 Å². The van der Waals surface area contributed by atoms with Crippen LogP contribution >= 0.6 is 0 Å². The van der Waals surface area contributed by atoms with E-state index in [-0.39, 0.29) is 5.92 Å². The van der Waals surface area contributed by atoms with Gasteiger partial charge in [0.15, 0.2) is 5.78 Å². The van der Waals surface area contributed by atoms with E-state index in [1.165, 1.54) is 29.5 Å². The van der Waals surface area contributed by atoms with Gasteiger partial charge in [0.1, 0.15) is 0 Å². The molecule has 1 aromatic rings. The van der Waals surface area contributed by atoms with Gasteiger partial charge < -0.3 is 0 Å². The molecule has 2 atom stereocenters. The normalized spacial score (nSPS) is 22.2. The minimum absolute atomic E-state index is 0.262. The number of carbonyl (C=O) groups excluding carboxylic acids is 1. The Morgan fingerprint density at radius 2 is 1.65 bits per heavy atom. The quantitative estimate of drug-likeness (QED) is 0.690. The maximum Gasteiger partial charge on any atom is 0.166 e. The van der Waals surface area contributed by atoms with Crippen molar-refractivity contribution in [1.82, 2.24) is 0 Å². The number of hydrogen-bond acceptors (Lipinski definition) is 1. The van der Waals surface area contributed by atoms with E-state index in [1.54, 1.807) is 0 Å². The van der Waals surface area contributed by atoms with E-state index in [9.17, 15) is 4.79 Å². The highest BCUT2D eigenvalue weighted by Crippen LogP contribution is 2.35. The summed E-state index contributed by atoms with van der Waals surface area (Å²) in [6.07, 6.45) is 6.49. The molecule has 0 aliphatic heterocycles. The topological polar surface area (TPSA) is 17.1 Å². The zero-order valence-corrected chi connectivity index (χ0v) is 13.5. The summed E-state index contributed by atoms with van der Waals surface area (Å²) in [7, 11) is 0. The van der Waals surface area contributed by atoms with Crippen molar-refractivity contribution < 1.29 is 4.79 Å². The molecule has 1 aromatic carbocycles. The van der Waals surface area contributed by atoms with E-state index in [1.807, 2.05) is 0 Å². The van der Waals surface area contributed by atoms with Gasteiger partial charge in [0.05, 0.1) is 0 Å². The molecular weight excluding hydrogens is 244 g/mol. The van der Waals surface area contributed by atoms with Crippen LogP contribution in [-0.4, -0.2) is 5.78 Å². The molecule has 110 valence electrons. The lowest BCUT2D eigenvalue weighted by atomic mass is 9.83. The van der Waals surface area contributed by atoms with Crippen LogP contribution in [0.2, 0.25) is 0 Å². The first-order valence-corrected chi connectivity index (χ1v) is 8.31. The predicted octanol–water partition coefficient (Wildman–Crippen LogP) is 4.99. The lowest BCUT2D eigenvalue weighted by molar-refractivity contribution is 0.0895. The molecule has 0 spiro atoms. The molecule has 20 heavy (non-hydrogen) atoms. The van der Waals surface area contributed by atoms with E-state index in [4.69, 9.17) is 0 Å². The summed E-state index contributed by atoms with van der Waals surface area (Å²) >= 11 is 0. The second-order valence-corrected chi connectivity index (χ2v) is 6.23. The third-order valence-electron chi connectivity index (χ3n) is 4.98. The summed E-state index contributed by atoms with van der Waals surface area (Å²) in [4.78, 5) is 13.0. The highest BCUT2D eigenvalue weighted by Gasteiger charge is 2.32. The number of ketones is 1. The molecule has 0 N–H and O–H groups in total. The van der Waals surface area contributed by atoms with Gasteiger partial charge >= 0.3 is 0 Å². The first kappa shape index (κ1) is 15.3. The standard InChI is InChI=1S/C19H28O/c1-5-14-11-15(6-2)18(16(7-3)12-14)19(20)17-10-8-9-13(17)4/h11-13,17H,5-10H2,1-4H3. The summed E-state index contributed by atoms with van der Waals surface area (Å²) in [6, 6.07) is 4.51. The predicted molar refractivity (Wildman–Crippen MR) is 85.4 cm³/mol. The molecule has 0 radical (unpaired) electrons. The minimum Gasteiger partial charge on any atom is -0.294 e. The van der Waals surface area contributed by atoms with Gasteiger partial charge in [-0.25, -0.2) is 0 Å². The lowest BCUT2D eigenvalue weighted by Gasteiger charge is -2.20.